The summed E-state index contributed by atoms with van der Waals surface area (Å²) in [5.41, 5.74) is 1.25. The number of nitrogens with zero attached hydrogens (tertiary/aromatic N) is 2. The van der Waals surface area contributed by atoms with Gasteiger partial charge in [0.15, 0.2) is 0 Å². The molecule has 1 aromatic carbocycles. The molecule has 5 nitrogen and oxygen atoms in total. The number of hydrogen-bond donors (Lipinski definition) is 0. The van der Waals surface area contributed by atoms with Gasteiger partial charge in [-0.2, -0.15) is 5.10 Å². The summed E-state index contributed by atoms with van der Waals surface area (Å²) < 4.78 is 6.28. The van der Waals surface area contributed by atoms with E-state index in [4.69, 9.17) is 4.74 Å². The van der Waals surface area contributed by atoms with Crippen LogP contribution in [0.1, 0.15) is 23.0 Å². The normalized spacial score (nSPS) is 10.2. The molecule has 0 saturated heterocycles. The van der Waals surface area contributed by atoms with Crippen molar-refractivity contribution in [2.75, 3.05) is 6.61 Å². The Balaban J connectivity index is 2.43. The third kappa shape index (κ3) is 2.88. The van der Waals surface area contributed by atoms with Gasteiger partial charge < -0.3 is 4.74 Å². The smallest absolute Gasteiger partial charge is 0.362 e. The van der Waals surface area contributed by atoms with Crippen LogP contribution in [0.2, 0.25) is 0 Å². The van der Waals surface area contributed by atoms with Crippen LogP contribution in [0.4, 0.5) is 0 Å². The van der Waals surface area contributed by atoms with Gasteiger partial charge in [-0.1, -0.05) is 17.7 Å². The average molecular weight is 258 g/mol. The third-order valence-corrected chi connectivity index (χ3v) is 2.58. The lowest BCUT2D eigenvalue weighted by molar-refractivity contribution is 0.0515. The Kier molecular flexibility index (Phi) is 3.75. The molecule has 0 amide bonds. The van der Waals surface area contributed by atoms with Crippen LogP contribution in [0.15, 0.2) is 41.3 Å². The van der Waals surface area contributed by atoms with E-state index in [1.54, 1.807) is 6.92 Å². The second kappa shape index (κ2) is 5.48. The average Bonchev–Trinajstić information content (AvgIpc) is 2.40. The zero-order chi connectivity index (χ0) is 13.8. The molecule has 0 unspecified atom stereocenters. The number of benzene rings is 1. The maximum atomic E-state index is 11.6. The van der Waals surface area contributed by atoms with Crippen molar-refractivity contribution < 1.29 is 9.53 Å². The summed E-state index contributed by atoms with van der Waals surface area (Å²) >= 11 is 0. The maximum absolute atomic E-state index is 11.6. The van der Waals surface area contributed by atoms with E-state index in [2.05, 4.69) is 5.10 Å². The van der Waals surface area contributed by atoms with Gasteiger partial charge in [0.05, 0.1) is 12.3 Å². The van der Waals surface area contributed by atoms with E-state index in [-0.39, 0.29) is 12.3 Å². The number of esters is 1. The van der Waals surface area contributed by atoms with Gasteiger partial charge in [0, 0.05) is 12.3 Å². The minimum Gasteiger partial charge on any atom is -0.461 e. The Hall–Kier alpha value is -2.43. The Morgan fingerprint density at radius 2 is 1.95 bits per heavy atom. The van der Waals surface area contributed by atoms with Crippen molar-refractivity contribution in [2.24, 2.45) is 0 Å². The molecule has 19 heavy (non-hydrogen) atoms. The van der Waals surface area contributed by atoms with Crippen LogP contribution >= 0.6 is 0 Å². The second-order valence-electron chi connectivity index (χ2n) is 4.03. The molecule has 0 atom stereocenters. The molecule has 0 fully saturated rings. The summed E-state index contributed by atoms with van der Waals surface area (Å²) in [7, 11) is 0. The number of ether oxygens (including phenoxy) is 1. The molecule has 0 saturated carbocycles. The van der Waals surface area contributed by atoms with Crippen LogP contribution in [-0.2, 0) is 4.74 Å². The number of aromatic nitrogens is 2. The van der Waals surface area contributed by atoms with Gasteiger partial charge in [-0.15, -0.1) is 0 Å². The predicted octanol–water partition coefficient (Wildman–Crippen LogP) is 1.72. The molecular formula is C14H14N2O3. The molecule has 0 aliphatic heterocycles. The molecular weight excluding hydrogens is 244 g/mol. The summed E-state index contributed by atoms with van der Waals surface area (Å²) in [6.07, 6.45) is 1.52. The SMILES string of the molecule is CCOC(=O)c1nn(-c2ccc(C)cc2)ccc1=O. The zero-order valence-electron chi connectivity index (χ0n) is 10.8. The minimum absolute atomic E-state index is 0.204. The van der Waals surface area contributed by atoms with E-state index in [1.807, 2.05) is 31.2 Å². The lowest BCUT2D eigenvalue weighted by Crippen LogP contribution is -2.22. The first-order valence-corrected chi connectivity index (χ1v) is 5.96. The molecule has 2 aromatic rings. The quantitative estimate of drug-likeness (QED) is 0.786. The van der Waals surface area contributed by atoms with Crippen molar-refractivity contribution in [2.45, 2.75) is 13.8 Å². The van der Waals surface area contributed by atoms with Crippen LogP contribution in [0, 0.1) is 6.92 Å². The van der Waals surface area contributed by atoms with Gasteiger partial charge in [-0.3, -0.25) is 4.79 Å². The van der Waals surface area contributed by atoms with Crippen LogP contribution in [0.5, 0.6) is 0 Å². The standard InChI is InChI=1S/C14H14N2O3/c1-3-19-14(18)13-12(17)8-9-16(15-13)11-6-4-10(2)5-7-11/h4-9H,3H2,1-2H3. The highest BCUT2D eigenvalue weighted by molar-refractivity contribution is 5.86. The number of hydrogen-bond acceptors (Lipinski definition) is 4. The first-order valence-electron chi connectivity index (χ1n) is 5.96. The number of aryl methyl sites for hydroxylation is 1. The van der Waals surface area contributed by atoms with E-state index >= 15 is 0 Å². The lowest BCUT2D eigenvalue weighted by atomic mass is 10.2. The molecule has 0 aliphatic carbocycles. The highest BCUT2D eigenvalue weighted by Crippen LogP contribution is 2.07. The Morgan fingerprint density at radius 3 is 2.58 bits per heavy atom. The van der Waals surface area contributed by atoms with E-state index < -0.39 is 11.4 Å². The second-order valence-corrected chi connectivity index (χ2v) is 4.03. The van der Waals surface area contributed by atoms with E-state index in [9.17, 15) is 9.59 Å². The fraction of sp³-hybridized carbons (Fsp3) is 0.214. The molecule has 0 aliphatic rings. The predicted molar refractivity (Wildman–Crippen MR) is 70.5 cm³/mol. The highest BCUT2D eigenvalue weighted by Gasteiger charge is 2.14. The van der Waals surface area contributed by atoms with Crippen molar-refractivity contribution in [3.63, 3.8) is 0 Å². The molecule has 0 N–H and O–H groups in total. The summed E-state index contributed by atoms with van der Waals surface area (Å²) in [6, 6.07) is 8.89. The summed E-state index contributed by atoms with van der Waals surface area (Å²) in [5.74, 6) is -0.700. The van der Waals surface area contributed by atoms with E-state index in [0.717, 1.165) is 11.3 Å². The van der Waals surface area contributed by atoms with Crippen molar-refractivity contribution in [1.82, 2.24) is 9.78 Å². The molecule has 1 aromatic heterocycles. The minimum atomic E-state index is -0.700. The molecule has 2 rings (SSSR count). The van der Waals surface area contributed by atoms with Gasteiger partial charge in [-0.25, -0.2) is 9.48 Å². The molecule has 5 heteroatoms. The Labute approximate surface area is 110 Å². The topological polar surface area (TPSA) is 61.2 Å². The molecule has 0 radical (unpaired) electrons. The molecule has 1 heterocycles. The Morgan fingerprint density at radius 1 is 1.26 bits per heavy atom. The van der Waals surface area contributed by atoms with Gasteiger partial charge in [0.25, 0.3) is 0 Å². The third-order valence-electron chi connectivity index (χ3n) is 2.58. The van der Waals surface area contributed by atoms with Gasteiger partial charge >= 0.3 is 5.97 Å². The molecule has 98 valence electrons. The van der Waals surface area contributed by atoms with Crippen LogP contribution in [0.3, 0.4) is 0 Å². The molecule has 0 bridgehead atoms. The first-order chi connectivity index (χ1) is 9.11. The number of rotatable bonds is 3. The molecule has 0 spiro atoms. The number of carbonyl (C=O) groups excluding carboxylic acids is 1. The van der Waals surface area contributed by atoms with Crippen LogP contribution < -0.4 is 5.43 Å². The monoisotopic (exact) mass is 258 g/mol. The van der Waals surface area contributed by atoms with Gasteiger partial charge in [0.1, 0.15) is 0 Å². The van der Waals surface area contributed by atoms with Crippen molar-refractivity contribution in [3.8, 4) is 5.69 Å². The fourth-order valence-electron chi connectivity index (χ4n) is 1.59. The van der Waals surface area contributed by atoms with Crippen molar-refractivity contribution in [3.05, 3.63) is 58.0 Å². The van der Waals surface area contributed by atoms with E-state index in [1.165, 1.54) is 16.9 Å². The maximum Gasteiger partial charge on any atom is 0.362 e. The lowest BCUT2D eigenvalue weighted by Gasteiger charge is -2.07. The Bertz CT molecular complexity index is 644. The van der Waals surface area contributed by atoms with Crippen LogP contribution in [0.25, 0.3) is 5.69 Å². The van der Waals surface area contributed by atoms with Gasteiger partial charge in [0.2, 0.25) is 11.1 Å². The van der Waals surface area contributed by atoms with Crippen LogP contribution in [-0.4, -0.2) is 22.4 Å². The zero-order valence-corrected chi connectivity index (χ0v) is 10.8. The van der Waals surface area contributed by atoms with Gasteiger partial charge in [-0.05, 0) is 26.0 Å². The number of carbonyl (C=O) groups is 1. The summed E-state index contributed by atoms with van der Waals surface area (Å²) in [6.45, 7) is 3.87. The van der Waals surface area contributed by atoms with Crippen molar-refractivity contribution >= 4 is 5.97 Å². The van der Waals surface area contributed by atoms with E-state index in [0.29, 0.717) is 0 Å². The first kappa shape index (κ1) is 13.0. The largest absolute Gasteiger partial charge is 0.461 e. The highest BCUT2D eigenvalue weighted by atomic mass is 16.5. The van der Waals surface area contributed by atoms with Crippen molar-refractivity contribution in [1.29, 1.82) is 0 Å². The fourth-order valence-corrected chi connectivity index (χ4v) is 1.59. The summed E-state index contributed by atoms with van der Waals surface area (Å²) in [5, 5.41) is 4.02. The summed E-state index contributed by atoms with van der Waals surface area (Å²) in [4.78, 5) is 23.2.